The summed E-state index contributed by atoms with van der Waals surface area (Å²) < 4.78 is 0. The Hall–Kier alpha value is -1.11. The van der Waals surface area contributed by atoms with Crippen molar-refractivity contribution in [2.24, 2.45) is 5.92 Å². The Morgan fingerprint density at radius 2 is 1.53 bits per heavy atom. The van der Waals surface area contributed by atoms with Crippen LogP contribution in [-0.4, -0.2) is 5.78 Å². The Morgan fingerprint density at radius 1 is 0.842 bits per heavy atom. The Balaban J connectivity index is 1.78. The molecule has 0 heterocycles. The molecule has 1 aromatic carbocycles. The fourth-order valence-corrected chi connectivity index (χ4v) is 3.66. The Labute approximate surface area is 116 Å². The molecule has 0 saturated heterocycles. The first-order valence-corrected chi connectivity index (χ1v) is 8.00. The molecule has 1 heteroatoms. The summed E-state index contributed by atoms with van der Waals surface area (Å²) in [5, 5.41) is 0. The average molecular weight is 256 g/mol. The molecule has 1 nitrogen and oxygen atoms in total. The molecular weight excluding hydrogens is 232 g/mol. The lowest BCUT2D eigenvalue weighted by Gasteiger charge is -2.18. The minimum Gasteiger partial charge on any atom is -0.294 e. The van der Waals surface area contributed by atoms with Gasteiger partial charge in [0.2, 0.25) is 0 Å². The molecule has 0 atom stereocenters. The van der Waals surface area contributed by atoms with E-state index in [1.54, 1.807) is 0 Å². The van der Waals surface area contributed by atoms with Crippen LogP contribution in [0.15, 0.2) is 18.2 Å². The summed E-state index contributed by atoms with van der Waals surface area (Å²) in [6.45, 7) is 0. The van der Waals surface area contributed by atoms with Gasteiger partial charge in [0.05, 0.1) is 0 Å². The first kappa shape index (κ1) is 12.9. The summed E-state index contributed by atoms with van der Waals surface area (Å²) >= 11 is 0. The van der Waals surface area contributed by atoms with Gasteiger partial charge >= 0.3 is 0 Å². The highest BCUT2D eigenvalue weighted by atomic mass is 16.1. The molecule has 0 radical (unpaired) electrons. The van der Waals surface area contributed by atoms with Crippen molar-refractivity contribution in [2.45, 2.75) is 64.2 Å². The van der Waals surface area contributed by atoms with E-state index in [1.807, 2.05) is 0 Å². The Morgan fingerprint density at radius 3 is 2.26 bits per heavy atom. The molecule has 0 aliphatic heterocycles. The van der Waals surface area contributed by atoms with Crippen LogP contribution < -0.4 is 0 Å². The van der Waals surface area contributed by atoms with Crippen molar-refractivity contribution in [1.82, 2.24) is 0 Å². The van der Waals surface area contributed by atoms with Gasteiger partial charge in [-0.3, -0.25) is 4.79 Å². The van der Waals surface area contributed by atoms with Crippen LogP contribution in [0.2, 0.25) is 0 Å². The third-order valence-corrected chi connectivity index (χ3v) is 4.86. The van der Waals surface area contributed by atoms with Crippen LogP contribution in [0.3, 0.4) is 0 Å². The van der Waals surface area contributed by atoms with Crippen LogP contribution in [0, 0.1) is 5.92 Å². The van der Waals surface area contributed by atoms with E-state index in [2.05, 4.69) is 18.2 Å². The molecule has 2 aliphatic rings. The molecule has 0 aromatic heterocycles. The lowest BCUT2D eigenvalue weighted by atomic mass is 9.86. The molecule has 0 unspecified atom stereocenters. The number of Topliss-reactive ketones (excluding diaryl/α,β-unsaturated/α-hetero) is 1. The molecule has 19 heavy (non-hydrogen) atoms. The highest BCUT2D eigenvalue weighted by Crippen LogP contribution is 2.28. The van der Waals surface area contributed by atoms with Crippen LogP contribution in [0.1, 0.15) is 72.9 Å². The Kier molecular flexibility index (Phi) is 4.00. The van der Waals surface area contributed by atoms with Gasteiger partial charge in [0.15, 0.2) is 5.78 Å². The van der Waals surface area contributed by atoms with E-state index in [0.29, 0.717) is 11.7 Å². The maximum absolute atomic E-state index is 12.6. The fourth-order valence-electron chi connectivity index (χ4n) is 3.66. The summed E-state index contributed by atoms with van der Waals surface area (Å²) in [4.78, 5) is 12.6. The minimum absolute atomic E-state index is 0.296. The zero-order chi connectivity index (χ0) is 13.1. The van der Waals surface area contributed by atoms with Crippen molar-refractivity contribution in [1.29, 1.82) is 0 Å². The molecule has 0 spiro atoms. The summed E-state index contributed by atoms with van der Waals surface area (Å²) in [5.41, 5.74) is 3.89. The number of aryl methyl sites for hydroxylation is 2. The van der Waals surface area contributed by atoms with Gasteiger partial charge in [-0.25, -0.2) is 0 Å². The first-order valence-electron chi connectivity index (χ1n) is 8.00. The number of hydrogen-bond donors (Lipinski definition) is 0. The lowest BCUT2D eigenvalue weighted by Crippen LogP contribution is -2.15. The zero-order valence-corrected chi connectivity index (χ0v) is 11.8. The van der Waals surface area contributed by atoms with Crippen molar-refractivity contribution in [3.8, 4) is 0 Å². The minimum atomic E-state index is 0.296. The van der Waals surface area contributed by atoms with E-state index in [1.165, 1.54) is 62.5 Å². The molecule has 1 saturated carbocycles. The SMILES string of the molecule is O=C(c1ccc2c(c1)CCCC2)C1CCCCCC1. The quantitative estimate of drug-likeness (QED) is 0.553. The highest BCUT2D eigenvalue weighted by molar-refractivity contribution is 5.98. The lowest BCUT2D eigenvalue weighted by molar-refractivity contribution is 0.0908. The molecule has 3 rings (SSSR count). The predicted octanol–water partition coefficient (Wildman–Crippen LogP) is 4.72. The van der Waals surface area contributed by atoms with Crippen molar-refractivity contribution in [3.05, 3.63) is 34.9 Å². The van der Waals surface area contributed by atoms with Crippen LogP contribution in [-0.2, 0) is 12.8 Å². The van der Waals surface area contributed by atoms with Crippen LogP contribution in [0.25, 0.3) is 0 Å². The van der Waals surface area contributed by atoms with E-state index in [4.69, 9.17) is 0 Å². The van der Waals surface area contributed by atoms with Crippen LogP contribution >= 0.6 is 0 Å². The van der Waals surface area contributed by atoms with Gasteiger partial charge in [0.1, 0.15) is 0 Å². The average Bonchev–Trinajstić information content (AvgIpc) is 2.75. The molecule has 1 fully saturated rings. The summed E-state index contributed by atoms with van der Waals surface area (Å²) in [6.07, 6.45) is 12.3. The number of carbonyl (C=O) groups excluding carboxylic acids is 1. The normalized spacial score (nSPS) is 20.6. The van der Waals surface area contributed by atoms with Crippen molar-refractivity contribution < 1.29 is 4.79 Å². The largest absolute Gasteiger partial charge is 0.294 e. The number of rotatable bonds is 2. The maximum atomic E-state index is 12.6. The van der Waals surface area contributed by atoms with E-state index >= 15 is 0 Å². The molecule has 0 N–H and O–H groups in total. The zero-order valence-electron chi connectivity index (χ0n) is 11.8. The third-order valence-electron chi connectivity index (χ3n) is 4.86. The van der Waals surface area contributed by atoms with Gasteiger partial charge in [0.25, 0.3) is 0 Å². The van der Waals surface area contributed by atoms with Gasteiger partial charge in [-0.05, 0) is 55.7 Å². The second kappa shape index (κ2) is 5.90. The van der Waals surface area contributed by atoms with Crippen molar-refractivity contribution in [3.63, 3.8) is 0 Å². The van der Waals surface area contributed by atoms with E-state index in [0.717, 1.165) is 18.4 Å². The fraction of sp³-hybridized carbons (Fsp3) is 0.611. The predicted molar refractivity (Wildman–Crippen MR) is 78.6 cm³/mol. The maximum Gasteiger partial charge on any atom is 0.165 e. The van der Waals surface area contributed by atoms with Crippen LogP contribution in [0.4, 0.5) is 0 Å². The van der Waals surface area contributed by atoms with Gasteiger partial charge < -0.3 is 0 Å². The summed E-state index contributed by atoms with van der Waals surface area (Å²) in [5.74, 6) is 0.708. The standard InChI is InChI=1S/C18H24O/c19-18(15-8-3-1-2-4-9-15)17-12-11-14-7-5-6-10-16(14)13-17/h11-13,15H,1-10H2. The molecule has 102 valence electrons. The van der Waals surface area contributed by atoms with E-state index in [-0.39, 0.29) is 0 Å². The topological polar surface area (TPSA) is 17.1 Å². The molecule has 0 bridgehead atoms. The van der Waals surface area contributed by atoms with Crippen molar-refractivity contribution in [2.75, 3.05) is 0 Å². The smallest absolute Gasteiger partial charge is 0.165 e. The third kappa shape index (κ3) is 2.91. The molecule has 2 aliphatic carbocycles. The highest BCUT2D eigenvalue weighted by Gasteiger charge is 2.22. The van der Waals surface area contributed by atoms with Gasteiger partial charge in [-0.2, -0.15) is 0 Å². The summed E-state index contributed by atoms with van der Waals surface area (Å²) in [7, 11) is 0. The van der Waals surface area contributed by atoms with E-state index < -0.39 is 0 Å². The van der Waals surface area contributed by atoms with Gasteiger partial charge in [0, 0.05) is 11.5 Å². The summed E-state index contributed by atoms with van der Waals surface area (Å²) in [6, 6.07) is 6.48. The monoisotopic (exact) mass is 256 g/mol. The van der Waals surface area contributed by atoms with Gasteiger partial charge in [-0.1, -0.05) is 37.8 Å². The second-order valence-electron chi connectivity index (χ2n) is 6.24. The van der Waals surface area contributed by atoms with Crippen molar-refractivity contribution >= 4 is 5.78 Å². The Bertz CT molecular complexity index is 453. The molecule has 0 amide bonds. The van der Waals surface area contributed by atoms with Gasteiger partial charge in [-0.15, -0.1) is 0 Å². The second-order valence-corrected chi connectivity index (χ2v) is 6.24. The number of carbonyl (C=O) groups is 1. The molecular formula is C18H24O. The molecule has 1 aromatic rings. The number of ketones is 1. The number of hydrogen-bond acceptors (Lipinski definition) is 1. The number of benzene rings is 1. The number of fused-ring (bicyclic) bond motifs is 1. The first-order chi connectivity index (χ1) is 9.34. The van der Waals surface area contributed by atoms with Crippen LogP contribution in [0.5, 0.6) is 0 Å². The van der Waals surface area contributed by atoms with E-state index in [9.17, 15) is 4.79 Å².